The summed E-state index contributed by atoms with van der Waals surface area (Å²) in [4.78, 5) is 11.8. The Kier molecular flexibility index (Phi) is 3.98. The van der Waals surface area contributed by atoms with Crippen molar-refractivity contribution in [3.8, 4) is 11.5 Å². The normalized spacial score (nSPS) is 9.89. The van der Waals surface area contributed by atoms with E-state index in [4.69, 9.17) is 4.74 Å². The fraction of sp³-hybridized carbons (Fsp3) is 0.0625. The van der Waals surface area contributed by atoms with Gasteiger partial charge in [-0.15, -0.1) is 6.58 Å². The zero-order chi connectivity index (χ0) is 13.7. The average molecular weight is 253 g/mol. The largest absolute Gasteiger partial charge is 0.423 e. The van der Waals surface area contributed by atoms with Crippen LogP contribution in [0.4, 0.5) is 0 Å². The summed E-state index contributed by atoms with van der Waals surface area (Å²) < 4.78 is 5.16. The molecule has 2 rings (SSSR count). The summed E-state index contributed by atoms with van der Waals surface area (Å²) in [5, 5.41) is 10.9. The molecule has 0 N–H and O–H groups in total. The van der Waals surface area contributed by atoms with Crippen LogP contribution in [0.5, 0.6) is 11.5 Å². The molecule has 0 aliphatic carbocycles. The first-order chi connectivity index (χ1) is 9.19. The number of hydrogen-bond acceptors (Lipinski definition) is 2. The molecule has 0 heterocycles. The van der Waals surface area contributed by atoms with Crippen molar-refractivity contribution in [3.63, 3.8) is 0 Å². The predicted octanol–water partition coefficient (Wildman–Crippen LogP) is 3.78. The third-order valence-electron chi connectivity index (χ3n) is 2.60. The van der Waals surface area contributed by atoms with Crippen molar-refractivity contribution < 1.29 is 14.6 Å². The maximum Gasteiger partial charge on any atom is 0.343 e. The first-order valence-electron chi connectivity index (χ1n) is 5.88. The minimum Gasteiger partial charge on any atom is -0.423 e. The van der Waals surface area contributed by atoms with Crippen LogP contribution in [-0.2, 0) is 11.5 Å². The van der Waals surface area contributed by atoms with Crippen LogP contribution in [0.2, 0.25) is 0 Å². The highest BCUT2D eigenvalue weighted by molar-refractivity contribution is 5.91. The summed E-state index contributed by atoms with van der Waals surface area (Å²) >= 11 is 0. The molecular weight excluding hydrogens is 240 g/mol. The zero-order valence-corrected chi connectivity index (χ0v) is 10.3. The maximum atomic E-state index is 11.8. The minimum absolute atomic E-state index is 0.117. The standard InChI is InChI=1S/C16H13O3/c1-2-3-12-4-6-13(7-5-12)16(18)19-15-10-8-14(17)9-11-15/h2,4-11H,1,3H2. The molecule has 0 aliphatic heterocycles. The smallest absolute Gasteiger partial charge is 0.343 e. The summed E-state index contributed by atoms with van der Waals surface area (Å²) in [6.07, 6.45) is 2.57. The number of carbonyl (C=O) groups excluding carboxylic acids is 1. The Labute approximate surface area is 111 Å². The van der Waals surface area contributed by atoms with Crippen molar-refractivity contribution in [2.24, 2.45) is 0 Å². The fourth-order valence-corrected chi connectivity index (χ4v) is 1.62. The summed E-state index contributed by atoms with van der Waals surface area (Å²) in [7, 11) is 0. The molecule has 0 saturated heterocycles. The monoisotopic (exact) mass is 253 g/mol. The van der Waals surface area contributed by atoms with Gasteiger partial charge in [-0.2, -0.15) is 0 Å². The van der Waals surface area contributed by atoms with Crippen LogP contribution in [0.3, 0.4) is 0 Å². The van der Waals surface area contributed by atoms with Gasteiger partial charge in [-0.3, -0.25) is 5.11 Å². The van der Waals surface area contributed by atoms with Gasteiger partial charge in [0.15, 0.2) is 5.75 Å². The molecule has 95 valence electrons. The van der Waals surface area contributed by atoms with E-state index in [0.29, 0.717) is 11.3 Å². The van der Waals surface area contributed by atoms with E-state index < -0.39 is 5.97 Å². The van der Waals surface area contributed by atoms with Crippen LogP contribution in [-0.4, -0.2) is 5.97 Å². The van der Waals surface area contributed by atoms with Crippen molar-refractivity contribution in [3.05, 3.63) is 72.3 Å². The Balaban J connectivity index is 2.07. The van der Waals surface area contributed by atoms with Crippen LogP contribution >= 0.6 is 0 Å². The lowest BCUT2D eigenvalue weighted by Crippen LogP contribution is -2.08. The Bertz CT molecular complexity index is 568. The molecule has 1 radical (unpaired) electrons. The molecule has 0 bridgehead atoms. The van der Waals surface area contributed by atoms with E-state index in [1.54, 1.807) is 18.2 Å². The van der Waals surface area contributed by atoms with Crippen LogP contribution in [0.1, 0.15) is 15.9 Å². The summed E-state index contributed by atoms with van der Waals surface area (Å²) in [6, 6.07) is 12.8. The van der Waals surface area contributed by atoms with E-state index in [-0.39, 0.29) is 5.75 Å². The Morgan fingerprint density at radius 1 is 1.05 bits per heavy atom. The lowest BCUT2D eigenvalue weighted by Gasteiger charge is -2.04. The minimum atomic E-state index is -0.441. The Morgan fingerprint density at radius 3 is 2.26 bits per heavy atom. The van der Waals surface area contributed by atoms with Crippen LogP contribution in [0.25, 0.3) is 0 Å². The Morgan fingerprint density at radius 2 is 1.68 bits per heavy atom. The molecule has 2 aromatic rings. The molecule has 0 atom stereocenters. The summed E-state index contributed by atoms with van der Waals surface area (Å²) in [5.41, 5.74) is 1.56. The number of rotatable bonds is 4. The molecule has 2 aromatic carbocycles. The molecule has 0 aliphatic rings. The van der Waals surface area contributed by atoms with Gasteiger partial charge in [-0.25, -0.2) is 4.79 Å². The highest BCUT2D eigenvalue weighted by Crippen LogP contribution is 2.18. The third kappa shape index (κ3) is 3.45. The van der Waals surface area contributed by atoms with Gasteiger partial charge in [0.25, 0.3) is 0 Å². The molecule has 0 saturated carbocycles. The van der Waals surface area contributed by atoms with Gasteiger partial charge < -0.3 is 4.74 Å². The van der Waals surface area contributed by atoms with Gasteiger partial charge in [0.05, 0.1) is 5.56 Å². The predicted molar refractivity (Wildman–Crippen MR) is 71.9 cm³/mol. The molecule has 0 aromatic heterocycles. The van der Waals surface area contributed by atoms with Crippen molar-refractivity contribution in [1.29, 1.82) is 0 Å². The van der Waals surface area contributed by atoms with E-state index in [0.717, 1.165) is 12.0 Å². The van der Waals surface area contributed by atoms with E-state index >= 15 is 0 Å². The van der Waals surface area contributed by atoms with E-state index in [2.05, 4.69) is 6.58 Å². The number of ether oxygens (including phenoxy) is 1. The number of benzene rings is 2. The number of carbonyl (C=O) groups is 1. The van der Waals surface area contributed by atoms with E-state index in [1.165, 1.54) is 24.3 Å². The molecule has 0 spiro atoms. The van der Waals surface area contributed by atoms with Crippen molar-refractivity contribution in [2.45, 2.75) is 6.42 Å². The molecule has 19 heavy (non-hydrogen) atoms. The van der Waals surface area contributed by atoms with Gasteiger partial charge in [0, 0.05) is 0 Å². The average Bonchev–Trinajstić information content (AvgIpc) is 2.42. The summed E-state index contributed by atoms with van der Waals surface area (Å²) in [6.45, 7) is 3.66. The van der Waals surface area contributed by atoms with E-state index in [1.807, 2.05) is 12.1 Å². The second-order valence-electron chi connectivity index (χ2n) is 4.05. The molecule has 0 unspecified atom stereocenters. The van der Waals surface area contributed by atoms with Crippen molar-refractivity contribution in [1.82, 2.24) is 0 Å². The van der Waals surface area contributed by atoms with E-state index in [9.17, 15) is 9.90 Å². The fourth-order valence-electron chi connectivity index (χ4n) is 1.62. The molecule has 0 amide bonds. The second-order valence-corrected chi connectivity index (χ2v) is 4.05. The van der Waals surface area contributed by atoms with Crippen LogP contribution < -0.4 is 4.74 Å². The third-order valence-corrected chi connectivity index (χ3v) is 2.60. The summed E-state index contributed by atoms with van der Waals surface area (Å²) in [5.74, 6) is -0.197. The first-order valence-corrected chi connectivity index (χ1v) is 5.88. The van der Waals surface area contributed by atoms with Crippen molar-refractivity contribution >= 4 is 5.97 Å². The SMILES string of the molecule is C=CCc1ccc(C(=O)Oc2ccc([O])cc2)cc1. The zero-order valence-electron chi connectivity index (χ0n) is 10.3. The van der Waals surface area contributed by atoms with Gasteiger partial charge in [0.1, 0.15) is 5.75 Å². The first kappa shape index (κ1) is 12.9. The Hall–Kier alpha value is -2.55. The van der Waals surface area contributed by atoms with Crippen LogP contribution in [0.15, 0.2) is 61.2 Å². The number of hydrogen-bond donors (Lipinski definition) is 0. The van der Waals surface area contributed by atoms with Gasteiger partial charge in [-0.1, -0.05) is 18.2 Å². The highest BCUT2D eigenvalue weighted by Gasteiger charge is 2.08. The lowest BCUT2D eigenvalue weighted by atomic mass is 10.1. The van der Waals surface area contributed by atoms with Gasteiger partial charge in [-0.05, 0) is 48.4 Å². The molecule has 0 fully saturated rings. The van der Waals surface area contributed by atoms with Gasteiger partial charge >= 0.3 is 5.97 Å². The molecular formula is C16H13O3. The maximum absolute atomic E-state index is 11.8. The number of allylic oxidation sites excluding steroid dienone is 1. The topological polar surface area (TPSA) is 46.2 Å². The van der Waals surface area contributed by atoms with Crippen molar-refractivity contribution in [2.75, 3.05) is 0 Å². The quantitative estimate of drug-likeness (QED) is 0.473. The van der Waals surface area contributed by atoms with Crippen LogP contribution in [0, 0.1) is 0 Å². The number of esters is 1. The lowest BCUT2D eigenvalue weighted by molar-refractivity contribution is 0.0734. The highest BCUT2D eigenvalue weighted by atomic mass is 16.5. The second kappa shape index (κ2) is 5.87. The van der Waals surface area contributed by atoms with Gasteiger partial charge in [0.2, 0.25) is 0 Å². The molecule has 3 nitrogen and oxygen atoms in total. The molecule has 3 heteroatoms.